The van der Waals surface area contributed by atoms with Crippen LogP contribution in [0.4, 0.5) is 10.8 Å². The predicted octanol–water partition coefficient (Wildman–Crippen LogP) is 4.92. The summed E-state index contributed by atoms with van der Waals surface area (Å²) in [6, 6.07) is 6.10. The van der Waals surface area contributed by atoms with Gasteiger partial charge in [-0.2, -0.15) is 5.26 Å². The molecule has 4 rings (SSSR count). The average molecular weight is 395 g/mol. The minimum atomic E-state index is -0.192. The van der Waals surface area contributed by atoms with Gasteiger partial charge in [0.05, 0.1) is 11.1 Å². The highest BCUT2D eigenvalue weighted by atomic mass is 32.1. The van der Waals surface area contributed by atoms with Gasteiger partial charge in [0.15, 0.2) is 0 Å². The van der Waals surface area contributed by atoms with Gasteiger partial charge in [-0.15, -0.1) is 11.3 Å². The molecule has 0 saturated carbocycles. The molecule has 5 nitrogen and oxygen atoms in total. The molecule has 1 aliphatic heterocycles. The third-order valence-corrected chi connectivity index (χ3v) is 6.91. The molecule has 0 unspecified atom stereocenters. The van der Waals surface area contributed by atoms with Gasteiger partial charge in [-0.1, -0.05) is 19.3 Å². The van der Waals surface area contributed by atoms with Crippen LogP contribution in [-0.2, 0) is 12.8 Å². The maximum absolute atomic E-state index is 12.7. The number of fused-ring (bicyclic) bond motifs is 1. The number of rotatable bonds is 3. The highest BCUT2D eigenvalue weighted by Gasteiger charge is 2.21. The van der Waals surface area contributed by atoms with Crippen LogP contribution in [0.15, 0.2) is 18.3 Å². The Bertz CT molecular complexity index is 873. The first-order valence-corrected chi connectivity index (χ1v) is 11.1. The lowest BCUT2D eigenvalue weighted by atomic mass is 10.1. The van der Waals surface area contributed by atoms with E-state index in [9.17, 15) is 10.1 Å². The predicted molar refractivity (Wildman–Crippen MR) is 113 cm³/mol. The fourth-order valence-electron chi connectivity index (χ4n) is 4.13. The summed E-state index contributed by atoms with van der Waals surface area (Å²) in [5.41, 5.74) is 2.34. The zero-order chi connectivity index (χ0) is 19.3. The number of hydrogen-bond acceptors (Lipinski definition) is 5. The lowest BCUT2D eigenvalue weighted by Gasteiger charge is -2.21. The summed E-state index contributed by atoms with van der Waals surface area (Å²) < 4.78 is 0. The van der Waals surface area contributed by atoms with Crippen molar-refractivity contribution in [1.29, 1.82) is 5.26 Å². The number of nitrogens with one attached hydrogen (secondary N) is 1. The fourth-order valence-corrected chi connectivity index (χ4v) is 5.37. The molecule has 1 N–H and O–H groups in total. The minimum absolute atomic E-state index is 0.192. The van der Waals surface area contributed by atoms with Crippen molar-refractivity contribution in [2.45, 2.75) is 57.8 Å². The highest BCUT2D eigenvalue weighted by molar-refractivity contribution is 7.16. The maximum Gasteiger partial charge on any atom is 0.257 e. The quantitative estimate of drug-likeness (QED) is 0.751. The lowest BCUT2D eigenvalue weighted by Crippen LogP contribution is -2.25. The Morgan fingerprint density at radius 2 is 1.82 bits per heavy atom. The molecule has 2 aromatic rings. The van der Waals surface area contributed by atoms with Crippen LogP contribution < -0.4 is 10.2 Å². The van der Waals surface area contributed by atoms with Crippen LogP contribution >= 0.6 is 11.3 Å². The molecule has 2 aromatic heterocycles. The van der Waals surface area contributed by atoms with Gasteiger partial charge < -0.3 is 10.2 Å². The summed E-state index contributed by atoms with van der Waals surface area (Å²) in [5.74, 6) is 0.752. The molecular formula is C22H26N4OS. The van der Waals surface area contributed by atoms with E-state index in [-0.39, 0.29) is 5.91 Å². The van der Waals surface area contributed by atoms with Gasteiger partial charge in [0, 0.05) is 24.2 Å². The van der Waals surface area contributed by atoms with E-state index in [1.165, 1.54) is 37.0 Å². The van der Waals surface area contributed by atoms with E-state index in [0.29, 0.717) is 16.1 Å². The number of aromatic nitrogens is 1. The number of amides is 1. The van der Waals surface area contributed by atoms with Crippen LogP contribution in [0.25, 0.3) is 0 Å². The van der Waals surface area contributed by atoms with Gasteiger partial charge in [-0.25, -0.2) is 4.98 Å². The number of aryl methyl sites for hydroxylation is 1. The largest absolute Gasteiger partial charge is 0.357 e. The molecule has 1 aliphatic carbocycles. The molecule has 0 aromatic carbocycles. The lowest BCUT2D eigenvalue weighted by molar-refractivity contribution is 0.102. The summed E-state index contributed by atoms with van der Waals surface area (Å²) in [6.07, 6.45) is 12.1. The normalized spacial score (nSPS) is 17.2. The molecule has 0 atom stereocenters. The molecule has 3 heterocycles. The molecule has 28 heavy (non-hydrogen) atoms. The van der Waals surface area contributed by atoms with Crippen molar-refractivity contribution < 1.29 is 4.79 Å². The molecule has 1 saturated heterocycles. The van der Waals surface area contributed by atoms with E-state index in [1.807, 2.05) is 12.1 Å². The molecule has 0 bridgehead atoms. The second-order valence-corrected chi connectivity index (χ2v) is 8.75. The number of carbonyl (C=O) groups excluding carboxylic acids is 1. The fraction of sp³-hybridized carbons (Fsp3) is 0.500. The number of anilines is 2. The first kappa shape index (κ1) is 18.9. The number of hydrogen-bond donors (Lipinski definition) is 1. The van der Waals surface area contributed by atoms with Crippen LogP contribution in [-0.4, -0.2) is 24.0 Å². The van der Waals surface area contributed by atoms with Gasteiger partial charge in [-0.3, -0.25) is 4.79 Å². The highest BCUT2D eigenvalue weighted by Crippen LogP contribution is 2.37. The summed E-state index contributed by atoms with van der Waals surface area (Å²) in [5, 5.41) is 13.3. The van der Waals surface area contributed by atoms with Crippen molar-refractivity contribution in [1.82, 2.24) is 4.98 Å². The Labute approximate surface area is 170 Å². The summed E-state index contributed by atoms with van der Waals surface area (Å²) in [7, 11) is 0. The van der Waals surface area contributed by atoms with Crippen molar-refractivity contribution in [2.24, 2.45) is 0 Å². The van der Waals surface area contributed by atoms with Crippen molar-refractivity contribution in [3.05, 3.63) is 39.9 Å². The van der Waals surface area contributed by atoms with Crippen molar-refractivity contribution >= 4 is 28.1 Å². The van der Waals surface area contributed by atoms with E-state index in [4.69, 9.17) is 0 Å². The monoisotopic (exact) mass is 394 g/mol. The van der Waals surface area contributed by atoms with E-state index in [1.54, 1.807) is 17.5 Å². The number of nitriles is 1. The number of nitrogens with zero attached hydrogens (tertiary/aromatic N) is 3. The van der Waals surface area contributed by atoms with Crippen LogP contribution in [0, 0.1) is 11.3 Å². The minimum Gasteiger partial charge on any atom is -0.357 e. The number of carbonyl (C=O) groups is 1. The van der Waals surface area contributed by atoms with E-state index >= 15 is 0 Å². The van der Waals surface area contributed by atoms with Crippen LogP contribution in [0.3, 0.4) is 0 Å². The van der Waals surface area contributed by atoms with E-state index in [0.717, 1.165) is 50.2 Å². The number of thiophene rings is 1. The summed E-state index contributed by atoms with van der Waals surface area (Å²) in [4.78, 5) is 20.8. The van der Waals surface area contributed by atoms with E-state index in [2.05, 4.69) is 21.3 Å². The molecule has 0 spiro atoms. The standard InChI is InChI=1S/C22H26N4OS/c23-14-18-17-8-4-3-5-9-19(17)28-22(18)25-21(27)16-10-11-20(24-15-16)26-12-6-1-2-7-13-26/h10-11,15H,1-9,12-13H2,(H,25,27). The molecule has 0 radical (unpaired) electrons. The zero-order valence-electron chi connectivity index (χ0n) is 16.2. The van der Waals surface area contributed by atoms with Gasteiger partial charge in [0.25, 0.3) is 5.91 Å². The van der Waals surface area contributed by atoms with E-state index < -0.39 is 0 Å². The topological polar surface area (TPSA) is 69.0 Å². The van der Waals surface area contributed by atoms with Gasteiger partial charge >= 0.3 is 0 Å². The van der Waals surface area contributed by atoms with Crippen molar-refractivity contribution in [2.75, 3.05) is 23.3 Å². The van der Waals surface area contributed by atoms with Crippen molar-refractivity contribution in [3.63, 3.8) is 0 Å². The Balaban J connectivity index is 1.49. The SMILES string of the molecule is N#Cc1c(NC(=O)c2ccc(N3CCCCCC3)nc2)sc2c1CCCCC2. The molecule has 6 heteroatoms. The smallest absolute Gasteiger partial charge is 0.257 e. The summed E-state index contributed by atoms with van der Waals surface area (Å²) in [6.45, 7) is 2.07. The Hall–Kier alpha value is -2.39. The molecular weight excluding hydrogens is 368 g/mol. The number of pyridine rings is 1. The molecule has 146 valence electrons. The summed E-state index contributed by atoms with van der Waals surface area (Å²) >= 11 is 1.57. The average Bonchev–Trinajstić information content (AvgIpc) is 2.95. The first-order chi connectivity index (χ1) is 13.8. The zero-order valence-corrected chi connectivity index (χ0v) is 17.0. The van der Waals surface area contributed by atoms with Crippen LogP contribution in [0.1, 0.15) is 71.3 Å². The molecule has 1 fully saturated rings. The first-order valence-electron chi connectivity index (χ1n) is 10.3. The van der Waals surface area contributed by atoms with Crippen LogP contribution in [0.5, 0.6) is 0 Å². The maximum atomic E-state index is 12.7. The third-order valence-electron chi connectivity index (χ3n) is 5.70. The second-order valence-electron chi connectivity index (χ2n) is 7.64. The van der Waals surface area contributed by atoms with Gasteiger partial charge in [0.1, 0.15) is 16.9 Å². The van der Waals surface area contributed by atoms with Crippen molar-refractivity contribution in [3.8, 4) is 6.07 Å². The second kappa shape index (κ2) is 8.74. The van der Waals surface area contributed by atoms with Gasteiger partial charge in [-0.05, 0) is 56.2 Å². The van der Waals surface area contributed by atoms with Gasteiger partial charge in [0.2, 0.25) is 0 Å². The Morgan fingerprint density at radius 1 is 1.07 bits per heavy atom. The molecule has 1 amide bonds. The third kappa shape index (κ3) is 4.05. The van der Waals surface area contributed by atoms with Crippen LogP contribution in [0.2, 0.25) is 0 Å². The molecule has 2 aliphatic rings. The Kier molecular flexibility index (Phi) is 5.92. The Morgan fingerprint density at radius 3 is 2.54 bits per heavy atom.